The van der Waals surface area contributed by atoms with Crippen LogP contribution in [0.2, 0.25) is 5.22 Å². The molecule has 18 heavy (non-hydrogen) atoms. The number of rotatable bonds is 3. The maximum absolute atomic E-state index is 13.5. The van der Waals surface area contributed by atoms with Crippen LogP contribution < -0.4 is 10.1 Å². The minimum atomic E-state index is -0.589. The number of hydrogen-bond donors (Lipinski definition) is 1. The molecular weight excluding hydrogens is 261 g/mol. The lowest BCUT2D eigenvalue weighted by Crippen LogP contribution is -2.12. The Labute approximate surface area is 107 Å². The van der Waals surface area contributed by atoms with Crippen LogP contribution in [0.15, 0.2) is 34.7 Å². The molecule has 0 saturated heterocycles. The quantitative estimate of drug-likeness (QED) is 0.930. The molecule has 0 bridgehead atoms. The van der Waals surface area contributed by atoms with Crippen LogP contribution in [0.1, 0.15) is 10.6 Å². The number of carbonyl (C=O) groups excluding carboxylic acids is 1. The average molecular weight is 270 g/mol. The first kappa shape index (κ1) is 12.4. The zero-order valence-corrected chi connectivity index (χ0v) is 10.1. The molecule has 0 saturated carbocycles. The Bertz CT molecular complexity index is 582. The lowest BCUT2D eigenvalue weighted by Gasteiger charge is -2.06. The predicted octanol–water partition coefficient (Wildman–Crippen LogP) is 3.33. The van der Waals surface area contributed by atoms with Crippen LogP contribution in [-0.2, 0) is 0 Å². The van der Waals surface area contributed by atoms with Gasteiger partial charge >= 0.3 is 0 Å². The zero-order chi connectivity index (χ0) is 13.1. The van der Waals surface area contributed by atoms with Crippen LogP contribution in [0.4, 0.5) is 10.1 Å². The molecule has 0 aliphatic rings. The van der Waals surface area contributed by atoms with Crippen molar-refractivity contribution < 1.29 is 18.3 Å². The van der Waals surface area contributed by atoms with Gasteiger partial charge in [0.25, 0.3) is 5.91 Å². The molecular formula is C12H9ClFNO3. The number of methoxy groups -OCH3 is 1. The first-order valence-corrected chi connectivity index (χ1v) is 5.38. The summed E-state index contributed by atoms with van der Waals surface area (Å²) < 4.78 is 23.3. The van der Waals surface area contributed by atoms with E-state index in [4.69, 9.17) is 20.8 Å². The smallest absolute Gasteiger partial charge is 0.291 e. The van der Waals surface area contributed by atoms with Gasteiger partial charge in [0.15, 0.2) is 11.0 Å². The van der Waals surface area contributed by atoms with Crippen molar-refractivity contribution in [2.45, 2.75) is 0 Å². The Morgan fingerprint density at radius 1 is 1.39 bits per heavy atom. The van der Waals surface area contributed by atoms with Gasteiger partial charge in [-0.1, -0.05) is 0 Å². The highest BCUT2D eigenvalue weighted by Gasteiger charge is 2.13. The summed E-state index contributed by atoms with van der Waals surface area (Å²) in [6.07, 6.45) is 0. The summed E-state index contributed by atoms with van der Waals surface area (Å²) in [7, 11) is 1.45. The monoisotopic (exact) mass is 269 g/mol. The van der Waals surface area contributed by atoms with Crippen molar-refractivity contribution in [2.75, 3.05) is 12.4 Å². The average Bonchev–Trinajstić information content (AvgIpc) is 2.79. The first-order valence-electron chi connectivity index (χ1n) is 5.00. The van der Waals surface area contributed by atoms with E-state index < -0.39 is 11.7 Å². The van der Waals surface area contributed by atoms with Crippen LogP contribution in [0.3, 0.4) is 0 Å². The number of furan rings is 1. The Morgan fingerprint density at radius 2 is 2.17 bits per heavy atom. The molecule has 94 valence electrons. The highest BCUT2D eigenvalue weighted by molar-refractivity contribution is 6.29. The van der Waals surface area contributed by atoms with E-state index in [2.05, 4.69) is 5.32 Å². The van der Waals surface area contributed by atoms with Gasteiger partial charge in [-0.15, -0.1) is 0 Å². The Balaban J connectivity index is 2.21. The molecule has 0 radical (unpaired) electrons. The third-order valence-electron chi connectivity index (χ3n) is 2.22. The number of halogens is 2. The fraction of sp³-hybridized carbons (Fsp3) is 0.0833. The summed E-state index contributed by atoms with van der Waals surface area (Å²) >= 11 is 5.55. The molecule has 1 aromatic carbocycles. The van der Waals surface area contributed by atoms with E-state index in [9.17, 15) is 9.18 Å². The third-order valence-corrected chi connectivity index (χ3v) is 2.42. The molecule has 6 heteroatoms. The maximum Gasteiger partial charge on any atom is 0.291 e. The summed E-state index contributed by atoms with van der Waals surface area (Å²) in [5.74, 6) is -0.720. The van der Waals surface area contributed by atoms with E-state index in [0.717, 1.165) is 0 Å². The standard InChI is InChI=1S/C12H9ClFNO3/c1-17-7-2-3-8(14)9(6-7)15-12(16)10-4-5-11(13)18-10/h2-6H,1H3,(H,15,16). The van der Waals surface area contributed by atoms with E-state index in [1.165, 1.54) is 37.4 Å². The number of nitrogens with one attached hydrogen (secondary N) is 1. The lowest BCUT2D eigenvalue weighted by atomic mass is 10.2. The van der Waals surface area contributed by atoms with Crippen molar-refractivity contribution in [1.29, 1.82) is 0 Å². The van der Waals surface area contributed by atoms with E-state index in [1.807, 2.05) is 0 Å². The van der Waals surface area contributed by atoms with Gasteiger partial charge in [0.05, 0.1) is 12.8 Å². The number of amides is 1. The molecule has 2 rings (SSSR count). The first-order chi connectivity index (χ1) is 8.60. The molecule has 1 heterocycles. The van der Waals surface area contributed by atoms with Gasteiger partial charge in [0, 0.05) is 6.07 Å². The molecule has 0 aliphatic heterocycles. The molecule has 0 atom stereocenters. The number of anilines is 1. The fourth-order valence-electron chi connectivity index (χ4n) is 1.35. The fourth-order valence-corrected chi connectivity index (χ4v) is 1.49. The number of carbonyl (C=O) groups is 1. The molecule has 1 amide bonds. The van der Waals surface area contributed by atoms with Crippen LogP contribution in [-0.4, -0.2) is 13.0 Å². The van der Waals surface area contributed by atoms with Gasteiger partial charge in [-0.25, -0.2) is 4.39 Å². The second-order valence-corrected chi connectivity index (χ2v) is 3.78. The second-order valence-electron chi connectivity index (χ2n) is 3.40. The molecule has 0 aliphatic carbocycles. The van der Waals surface area contributed by atoms with Crippen molar-refractivity contribution in [3.05, 3.63) is 47.1 Å². The third kappa shape index (κ3) is 2.62. The molecule has 1 N–H and O–H groups in total. The van der Waals surface area contributed by atoms with E-state index in [0.29, 0.717) is 5.75 Å². The Morgan fingerprint density at radius 3 is 2.78 bits per heavy atom. The van der Waals surface area contributed by atoms with Crippen molar-refractivity contribution in [2.24, 2.45) is 0 Å². The molecule has 2 aromatic rings. The zero-order valence-electron chi connectivity index (χ0n) is 9.37. The highest BCUT2D eigenvalue weighted by atomic mass is 35.5. The lowest BCUT2D eigenvalue weighted by molar-refractivity contribution is 0.0996. The van der Waals surface area contributed by atoms with E-state index >= 15 is 0 Å². The van der Waals surface area contributed by atoms with Gasteiger partial charge in [0.1, 0.15) is 11.6 Å². The van der Waals surface area contributed by atoms with Crippen LogP contribution in [0.5, 0.6) is 5.75 Å². The van der Waals surface area contributed by atoms with Crippen molar-refractivity contribution in [3.63, 3.8) is 0 Å². The SMILES string of the molecule is COc1ccc(F)c(NC(=O)c2ccc(Cl)o2)c1. The molecule has 0 spiro atoms. The highest BCUT2D eigenvalue weighted by Crippen LogP contribution is 2.22. The van der Waals surface area contributed by atoms with Crippen LogP contribution >= 0.6 is 11.6 Å². The van der Waals surface area contributed by atoms with Crippen LogP contribution in [0, 0.1) is 5.82 Å². The van der Waals surface area contributed by atoms with Gasteiger partial charge < -0.3 is 14.5 Å². The Kier molecular flexibility index (Phi) is 3.53. The summed E-state index contributed by atoms with van der Waals surface area (Å²) in [5.41, 5.74) is 0.00636. The van der Waals surface area contributed by atoms with Crippen molar-refractivity contribution >= 4 is 23.2 Å². The summed E-state index contributed by atoms with van der Waals surface area (Å²) in [6, 6.07) is 6.85. The van der Waals surface area contributed by atoms with E-state index in [1.54, 1.807) is 0 Å². The van der Waals surface area contributed by atoms with Gasteiger partial charge in [0.2, 0.25) is 0 Å². The number of hydrogen-bond acceptors (Lipinski definition) is 3. The molecule has 1 aromatic heterocycles. The summed E-state index contributed by atoms with van der Waals surface area (Å²) in [6.45, 7) is 0. The van der Waals surface area contributed by atoms with Crippen LogP contribution in [0.25, 0.3) is 0 Å². The maximum atomic E-state index is 13.5. The van der Waals surface area contributed by atoms with E-state index in [-0.39, 0.29) is 16.7 Å². The molecule has 0 unspecified atom stereocenters. The van der Waals surface area contributed by atoms with Gasteiger partial charge in [-0.05, 0) is 35.9 Å². The minimum Gasteiger partial charge on any atom is -0.497 e. The number of benzene rings is 1. The second kappa shape index (κ2) is 5.10. The van der Waals surface area contributed by atoms with Crippen molar-refractivity contribution in [1.82, 2.24) is 0 Å². The minimum absolute atomic E-state index is 0.00206. The Hall–Kier alpha value is -2.01. The molecule has 4 nitrogen and oxygen atoms in total. The van der Waals surface area contributed by atoms with Crippen molar-refractivity contribution in [3.8, 4) is 5.75 Å². The molecule has 0 fully saturated rings. The van der Waals surface area contributed by atoms with Gasteiger partial charge in [-0.2, -0.15) is 0 Å². The summed E-state index contributed by atoms with van der Waals surface area (Å²) in [5, 5.41) is 2.46. The van der Waals surface area contributed by atoms with Gasteiger partial charge in [-0.3, -0.25) is 4.79 Å². The predicted molar refractivity (Wildman–Crippen MR) is 64.6 cm³/mol. The largest absolute Gasteiger partial charge is 0.497 e. The topological polar surface area (TPSA) is 51.5 Å². The number of ether oxygens (including phenoxy) is 1. The normalized spacial score (nSPS) is 10.2. The summed E-state index contributed by atoms with van der Waals surface area (Å²) in [4.78, 5) is 11.7.